The van der Waals surface area contributed by atoms with Crippen LogP contribution in [-0.4, -0.2) is 18.2 Å². The zero-order valence-corrected chi connectivity index (χ0v) is 11.6. The summed E-state index contributed by atoms with van der Waals surface area (Å²) in [6.45, 7) is 0. The van der Waals surface area contributed by atoms with E-state index in [-0.39, 0.29) is 6.10 Å². The normalized spacial score (nSPS) is 23.4. The molecule has 0 aliphatic carbocycles. The van der Waals surface area contributed by atoms with Crippen LogP contribution in [0.5, 0.6) is 0 Å². The van der Waals surface area contributed by atoms with Crippen LogP contribution in [0.15, 0.2) is 66.7 Å². The minimum Gasteiger partial charge on any atom is -0.291 e. The van der Waals surface area contributed by atoms with Crippen molar-refractivity contribution in [2.24, 2.45) is 0 Å². The first kappa shape index (κ1) is 13.1. The van der Waals surface area contributed by atoms with Crippen LogP contribution < -0.4 is 0 Å². The van der Waals surface area contributed by atoms with E-state index in [1.165, 1.54) is 11.1 Å². The fourth-order valence-corrected chi connectivity index (χ4v) is 2.54. The summed E-state index contributed by atoms with van der Waals surface area (Å²) in [6.07, 6.45) is 5.53. The summed E-state index contributed by atoms with van der Waals surface area (Å²) in [7, 11) is 2.00. The lowest BCUT2D eigenvalue weighted by Gasteiger charge is -2.14. The maximum atomic E-state index is 5.93. The maximum absolute atomic E-state index is 5.93. The second-order valence-corrected chi connectivity index (χ2v) is 5.12. The molecule has 1 saturated heterocycles. The SMILES string of the molecule is CN1O[C@H](c2ccccc2)C[C@@H]1/C=C/c1ccccc1. The first-order chi connectivity index (χ1) is 9.83. The monoisotopic (exact) mass is 265 g/mol. The van der Waals surface area contributed by atoms with Crippen molar-refractivity contribution in [3.05, 3.63) is 77.9 Å². The van der Waals surface area contributed by atoms with E-state index in [2.05, 4.69) is 60.7 Å². The van der Waals surface area contributed by atoms with Gasteiger partial charge in [-0.2, -0.15) is 5.06 Å². The molecule has 2 aromatic carbocycles. The predicted molar refractivity (Wildman–Crippen MR) is 81.9 cm³/mol. The topological polar surface area (TPSA) is 12.5 Å². The summed E-state index contributed by atoms with van der Waals surface area (Å²) in [5, 5.41) is 1.96. The number of hydrogen-bond donors (Lipinski definition) is 0. The van der Waals surface area contributed by atoms with Gasteiger partial charge in [0.2, 0.25) is 0 Å². The minimum atomic E-state index is 0.159. The van der Waals surface area contributed by atoms with Crippen molar-refractivity contribution < 1.29 is 4.84 Å². The van der Waals surface area contributed by atoms with Gasteiger partial charge < -0.3 is 0 Å². The molecule has 1 aliphatic rings. The average Bonchev–Trinajstić information content (AvgIpc) is 2.88. The van der Waals surface area contributed by atoms with Gasteiger partial charge in [-0.3, -0.25) is 4.84 Å². The number of hydroxylamine groups is 2. The summed E-state index contributed by atoms with van der Waals surface area (Å²) in [4.78, 5) is 5.93. The maximum Gasteiger partial charge on any atom is 0.106 e. The molecule has 2 aromatic rings. The van der Waals surface area contributed by atoms with Gasteiger partial charge in [0.25, 0.3) is 0 Å². The van der Waals surface area contributed by atoms with Gasteiger partial charge in [0.05, 0.1) is 6.04 Å². The zero-order valence-electron chi connectivity index (χ0n) is 11.6. The summed E-state index contributed by atoms with van der Waals surface area (Å²) in [5.74, 6) is 0. The summed E-state index contributed by atoms with van der Waals surface area (Å²) in [6, 6.07) is 21.1. The highest BCUT2D eigenvalue weighted by molar-refractivity contribution is 5.49. The lowest BCUT2D eigenvalue weighted by Crippen LogP contribution is -2.21. The van der Waals surface area contributed by atoms with Gasteiger partial charge in [-0.15, -0.1) is 0 Å². The Morgan fingerprint density at radius 1 is 1.00 bits per heavy atom. The largest absolute Gasteiger partial charge is 0.291 e. The van der Waals surface area contributed by atoms with E-state index < -0.39 is 0 Å². The molecule has 1 aliphatic heterocycles. The molecule has 2 nitrogen and oxygen atoms in total. The van der Waals surface area contributed by atoms with E-state index >= 15 is 0 Å². The Balaban J connectivity index is 1.69. The third-order valence-corrected chi connectivity index (χ3v) is 3.70. The standard InChI is InChI=1S/C18H19NO/c1-19-17(13-12-15-8-4-2-5-9-15)14-18(20-19)16-10-6-3-7-11-16/h2-13,17-18H,14H2,1H3/b13-12+/t17-,18-/m0/s1. The Morgan fingerprint density at radius 2 is 1.65 bits per heavy atom. The highest BCUT2D eigenvalue weighted by atomic mass is 16.7. The molecular formula is C18H19NO. The van der Waals surface area contributed by atoms with Crippen LogP contribution in [0, 0.1) is 0 Å². The van der Waals surface area contributed by atoms with E-state index in [1.54, 1.807) is 0 Å². The first-order valence-electron chi connectivity index (χ1n) is 7.01. The van der Waals surface area contributed by atoms with Crippen molar-refractivity contribution in [2.45, 2.75) is 18.6 Å². The minimum absolute atomic E-state index is 0.159. The Kier molecular flexibility index (Phi) is 3.95. The summed E-state index contributed by atoms with van der Waals surface area (Å²) < 4.78 is 0. The summed E-state index contributed by atoms with van der Waals surface area (Å²) >= 11 is 0. The van der Waals surface area contributed by atoms with Crippen LogP contribution in [0.25, 0.3) is 6.08 Å². The fraction of sp³-hybridized carbons (Fsp3) is 0.222. The van der Waals surface area contributed by atoms with Gasteiger partial charge >= 0.3 is 0 Å². The molecule has 2 atom stereocenters. The smallest absolute Gasteiger partial charge is 0.106 e. The molecule has 0 N–H and O–H groups in total. The van der Waals surface area contributed by atoms with Crippen molar-refractivity contribution in [2.75, 3.05) is 7.05 Å². The highest BCUT2D eigenvalue weighted by Gasteiger charge is 2.29. The zero-order chi connectivity index (χ0) is 13.8. The predicted octanol–water partition coefficient (Wildman–Crippen LogP) is 4.08. The molecule has 0 unspecified atom stereocenters. The fourth-order valence-electron chi connectivity index (χ4n) is 2.54. The van der Waals surface area contributed by atoms with Gasteiger partial charge in [0.1, 0.15) is 6.10 Å². The average molecular weight is 265 g/mol. The van der Waals surface area contributed by atoms with Gasteiger partial charge in [-0.1, -0.05) is 72.8 Å². The number of rotatable bonds is 3. The van der Waals surface area contributed by atoms with Crippen molar-refractivity contribution in [1.82, 2.24) is 5.06 Å². The van der Waals surface area contributed by atoms with E-state index in [4.69, 9.17) is 4.84 Å². The van der Waals surface area contributed by atoms with Crippen molar-refractivity contribution in [3.8, 4) is 0 Å². The molecule has 3 rings (SSSR count). The van der Waals surface area contributed by atoms with Crippen LogP contribution in [0.3, 0.4) is 0 Å². The third kappa shape index (κ3) is 2.98. The molecule has 0 saturated carbocycles. The number of nitrogens with zero attached hydrogens (tertiary/aromatic N) is 1. The Bertz CT molecular complexity index is 564. The summed E-state index contributed by atoms with van der Waals surface area (Å²) in [5.41, 5.74) is 2.47. The number of likely N-dealkylation sites (N-methyl/N-ethyl adjacent to an activating group) is 1. The lowest BCUT2D eigenvalue weighted by atomic mass is 10.0. The van der Waals surface area contributed by atoms with Crippen LogP contribution in [0.1, 0.15) is 23.7 Å². The van der Waals surface area contributed by atoms with Crippen LogP contribution in [-0.2, 0) is 4.84 Å². The van der Waals surface area contributed by atoms with Crippen molar-refractivity contribution in [1.29, 1.82) is 0 Å². The van der Waals surface area contributed by atoms with Crippen molar-refractivity contribution in [3.63, 3.8) is 0 Å². The highest BCUT2D eigenvalue weighted by Crippen LogP contribution is 2.32. The first-order valence-corrected chi connectivity index (χ1v) is 7.01. The van der Waals surface area contributed by atoms with Crippen LogP contribution in [0.2, 0.25) is 0 Å². The van der Waals surface area contributed by atoms with Crippen LogP contribution in [0.4, 0.5) is 0 Å². The van der Waals surface area contributed by atoms with Gasteiger partial charge in [-0.25, -0.2) is 0 Å². The number of benzene rings is 2. The van der Waals surface area contributed by atoms with Gasteiger partial charge in [0.15, 0.2) is 0 Å². The molecular weight excluding hydrogens is 246 g/mol. The second-order valence-electron chi connectivity index (χ2n) is 5.12. The van der Waals surface area contributed by atoms with E-state index in [9.17, 15) is 0 Å². The molecule has 1 fully saturated rings. The van der Waals surface area contributed by atoms with E-state index in [1.807, 2.05) is 24.2 Å². The lowest BCUT2D eigenvalue weighted by molar-refractivity contribution is -0.138. The Morgan fingerprint density at radius 3 is 2.35 bits per heavy atom. The van der Waals surface area contributed by atoms with Crippen LogP contribution >= 0.6 is 0 Å². The molecule has 0 radical (unpaired) electrons. The van der Waals surface area contributed by atoms with Gasteiger partial charge in [0, 0.05) is 13.5 Å². The molecule has 20 heavy (non-hydrogen) atoms. The molecule has 0 spiro atoms. The quantitative estimate of drug-likeness (QED) is 0.829. The van der Waals surface area contributed by atoms with Gasteiger partial charge in [-0.05, 0) is 11.1 Å². The van der Waals surface area contributed by atoms with Crippen molar-refractivity contribution >= 4 is 6.08 Å². The molecule has 0 aromatic heterocycles. The molecule has 0 bridgehead atoms. The molecule has 1 heterocycles. The van der Waals surface area contributed by atoms with E-state index in [0.29, 0.717) is 6.04 Å². The second kappa shape index (κ2) is 6.04. The van der Waals surface area contributed by atoms with E-state index in [0.717, 1.165) is 6.42 Å². The number of hydrogen-bond acceptors (Lipinski definition) is 2. The molecule has 102 valence electrons. The molecule has 0 amide bonds. The third-order valence-electron chi connectivity index (χ3n) is 3.70. The molecule has 2 heteroatoms. The Labute approximate surface area is 120 Å². The Hall–Kier alpha value is -1.90.